The summed E-state index contributed by atoms with van der Waals surface area (Å²) in [6, 6.07) is 5.78. The van der Waals surface area contributed by atoms with E-state index in [1.807, 2.05) is 20.8 Å². The third kappa shape index (κ3) is 6.23. The number of para-hydroxylation sites is 2. The van der Waals surface area contributed by atoms with Crippen LogP contribution in [0.1, 0.15) is 27.7 Å². The van der Waals surface area contributed by atoms with Gasteiger partial charge >= 0.3 is 11.7 Å². The lowest BCUT2D eigenvalue weighted by Crippen LogP contribution is -2.42. The van der Waals surface area contributed by atoms with Gasteiger partial charge in [0.1, 0.15) is 18.2 Å². The van der Waals surface area contributed by atoms with Crippen molar-refractivity contribution in [2.75, 3.05) is 20.2 Å². The molecule has 23 heavy (non-hydrogen) atoms. The van der Waals surface area contributed by atoms with Crippen molar-refractivity contribution in [3.63, 3.8) is 0 Å². The molecule has 0 aliphatic carbocycles. The van der Waals surface area contributed by atoms with Gasteiger partial charge in [0, 0.05) is 12.6 Å². The molecule has 7 heteroatoms. The van der Waals surface area contributed by atoms with Crippen LogP contribution in [0, 0.1) is 10.1 Å². The number of rotatable bonds is 7. The van der Waals surface area contributed by atoms with Gasteiger partial charge in [-0.2, -0.15) is 0 Å². The van der Waals surface area contributed by atoms with Crippen LogP contribution in [0.15, 0.2) is 24.3 Å². The first-order valence-electron chi connectivity index (χ1n) is 7.41. The van der Waals surface area contributed by atoms with E-state index in [0.29, 0.717) is 6.54 Å². The molecule has 0 aliphatic rings. The largest absolute Gasteiger partial charge is 0.485 e. The van der Waals surface area contributed by atoms with E-state index in [-0.39, 0.29) is 24.0 Å². The molecule has 1 rings (SSSR count). The Bertz CT molecular complexity index is 554. The van der Waals surface area contributed by atoms with Crippen LogP contribution in [-0.4, -0.2) is 47.6 Å². The zero-order valence-corrected chi connectivity index (χ0v) is 14.2. The van der Waals surface area contributed by atoms with E-state index < -0.39 is 16.6 Å². The standard InChI is InChI=1S/C16H24N2O5/c1-12(15(19)23-16(2,3)4)17(5)10-11-22-14-9-7-6-8-13(14)18(20)21/h6-9,12H,10-11H2,1-5H3. The monoisotopic (exact) mass is 324 g/mol. The Hall–Kier alpha value is -2.15. The van der Waals surface area contributed by atoms with Crippen LogP contribution in [0.25, 0.3) is 0 Å². The Kier molecular flexibility index (Phi) is 6.50. The minimum Gasteiger partial charge on any atom is -0.485 e. The molecule has 1 atom stereocenters. The maximum atomic E-state index is 12.0. The topological polar surface area (TPSA) is 81.9 Å². The molecule has 0 amide bonds. The van der Waals surface area contributed by atoms with Crippen LogP contribution >= 0.6 is 0 Å². The molecule has 1 aromatic rings. The molecule has 0 aromatic heterocycles. The minimum absolute atomic E-state index is 0.0738. The van der Waals surface area contributed by atoms with Crippen LogP contribution in [0.2, 0.25) is 0 Å². The molecule has 0 saturated carbocycles. The summed E-state index contributed by atoms with van der Waals surface area (Å²) in [5, 5.41) is 10.9. The first kappa shape index (κ1) is 18.9. The SMILES string of the molecule is CC(C(=O)OC(C)(C)C)N(C)CCOc1ccccc1[N+](=O)[O-]. The van der Waals surface area contributed by atoms with E-state index in [0.717, 1.165) is 0 Å². The molecule has 0 radical (unpaired) electrons. The number of carbonyl (C=O) groups is 1. The van der Waals surface area contributed by atoms with Gasteiger partial charge in [-0.25, -0.2) is 0 Å². The number of benzene rings is 1. The van der Waals surface area contributed by atoms with Gasteiger partial charge in [-0.15, -0.1) is 0 Å². The molecule has 0 heterocycles. The van der Waals surface area contributed by atoms with Crippen molar-refractivity contribution in [2.45, 2.75) is 39.3 Å². The summed E-state index contributed by atoms with van der Waals surface area (Å²) < 4.78 is 10.8. The average Bonchev–Trinajstić information content (AvgIpc) is 2.44. The van der Waals surface area contributed by atoms with Crippen molar-refractivity contribution in [1.29, 1.82) is 0 Å². The molecule has 0 spiro atoms. The molecule has 7 nitrogen and oxygen atoms in total. The molecule has 1 aromatic carbocycles. The molecule has 128 valence electrons. The van der Waals surface area contributed by atoms with Crippen LogP contribution in [0.4, 0.5) is 5.69 Å². The lowest BCUT2D eigenvalue weighted by molar-refractivity contribution is -0.385. The fraction of sp³-hybridized carbons (Fsp3) is 0.562. The van der Waals surface area contributed by atoms with Gasteiger partial charge in [0.15, 0.2) is 5.75 Å². The number of carbonyl (C=O) groups excluding carboxylic acids is 1. The third-order valence-electron chi connectivity index (χ3n) is 3.17. The predicted molar refractivity (Wildman–Crippen MR) is 86.5 cm³/mol. The maximum absolute atomic E-state index is 12.0. The zero-order valence-electron chi connectivity index (χ0n) is 14.2. The molecule has 0 aliphatic heterocycles. The number of nitrogens with zero attached hydrogens (tertiary/aromatic N) is 2. The first-order valence-corrected chi connectivity index (χ1v) is 7.41. The normalized spacial score (nSPS) is 12.8. The number of nitro groups is 1. The lowest BCUT2D eigenvalue weighted by atomic mass is 10.2. The molecule has 0 N–H and O–H groups in total. The van der Waals surface area contributed by atoms with Gasteiger partial charge in [0.2, 0.25) is 0 Å². The van der Waals surface area contributed by atoms with Crippen molar-refractivity contribution < 1.29 is 19.2 Å². The number of likely N-dealkylation sites (N-methyl/N-ethyl adjacent to an activating group) is 1. The summed E-state index contributed by atoms with van der Waals surface area (Å²) in [6.45, 7) is 7.86. The summed E-state index contributed by atoms with van der Waals surface area (Å²) >= 11 is 0. The second kappa shape index (κ2) is 7.92. The quantitative estimate of drug-likeness (QED) is 0.436. The first-order chi connectivity index (χ1) is 10.6. The van der Waals surface area contributed by atoms with Crippen LogP contribution in [0.5, 0.6) is 5.75 Å². The van der Waals surface area contributed by atoms with Crippen molar-refractivity contribution in [3.8, 4) is 5.75 Å². The highest BCUT2D eigenvalue weighted by atomic mass is 16.6. The average molecular weight is 324 g/mol. The summed E-state index contributed by atoms with van der Waals surface area (Å²) in [4.78, 5) is 24.2. The van der Waals surface area contributed by atoms with Crippen molar-refractivity contribution in [2.24, 2.45) is 0 Å². The zero-order chi connectivity index (χ0) is 17.6. The van der Waals surface area contributed by atoms with Gasteiger partial charge in [0.25, 0.3) is 0 Å². The second-order valence-corrected chi connectivity index (χ2v) is 6.26. The fourth-order valence-corrected chi connectivity index (χ4v) is 1.79. The van der Waals surface area contributed by atoms with Crippen LogP contribution < -0.4 is 4.74 Å². The van der Waals surface area contributed by atoms with Gasteiger partial charge in [-0.05, 0) is 40.8 Å². The van der Waals surface area contributed by atoms with E-state index in [2.05, 4.69) is 0 Å². The highest BCUT2D eigenvalue weighted by molar-refractivity contribution is 5.75. The second-order valence-electron chi connectivity index (χ2n) is 6.26. The molecular weight excluding hydrogens is 300 g/mol. The molecule has 1 unspecified atom stereocenters. The Morgan fingerprint density at radius 3 is 2.52 bits per heavy atom. The summed E-state index contributed by atoms with van der Waals surface area (Å²) in [5.41, 5.74) is -0.608. The Balaban J connectivity index is 2.52. The van der Waals surface area contributed by atoms with Gasteiger partial charge in [0.05, 0.1) is 4.92 Å². The van der Waals surface area contributed by atoms with E-state index in [9.17, 15) is 14.9 Å². The predicted octanol–water partition coefficient (Wildman–Crippen LogP) is 2.64. The number of nitro benzene ring substituents is 1. The number of esters is 1. The molecule has 0 bridgehead atoms. The van der Waals surface area contributed by atoms with E-state index in [1.54, 1.807) is 37.1 Å². The number of hydrogen-bond acceptors (Lipinski definition) is 6. The van der Waals surface area contributed by atoms with Gasteiger partial charge < -0.3 is 9.47 Å². The van der Waals surface area contributed by atoms with Crippen molar-refractivity contribution in [3.05, 3.63) is 34.4 Å². The smallest absolute Gasteiger partial charge is 0.323 e. The van der Waals surface area contributed by atoms with Crippen molar-refractivity contribution in [1.82, 2.24) is 4.90 Å². The third-order valence-corrected chi connectivity index (χ3v) is 3.17. The number of hydrogen-bond donors (Lipinski definition) is 0. The summed E-state index contributed by atoms with van der Waals surface area (Å²) in [5.74, 6) is -0.0958. The van der Waals surface area contributed by atoms with Gasteiger partial charge in [-0.1, -0.05) is 12.1 Å². The van der Waals surface area contributed by atoms with E-state index in [4.69, 9.17) is 9.47 Å². The summed E-state index contributed by atoms with van der Waals surface area (Å²) in [6.07, 6.45) is 0. The molecule has 0 fully saturated rings. The number of ether oxygens (including phenoxy) is 2. The van der Waals surface area contributed by atoms with Crippen LogP contribution in [0.3, 0.4) is 0 Å². The highest BCUT2D eigenvalue weighted by Crippen LogP contribution is 2.25. The Morgan fingerprint density at radius 2 is 1.96 bits per heavy atom. The molecular formula is C16H24N2O5. The maximum Gasteiger partial charge on any atom is 0.323 e. The lowest BCUT2D eigenvalue weighted by Gasteiger charge is -2.27. The van der Waals surface area contributed by atoms with Crippen molar-refractivity contribution >= 4 is 11.7 Å². The minimum atomic E-state index is -0.534. The van der Waals surface area contributed by atoms with Gasteiger partial charge in [-0.3, -0.25) is 19.8 Å². The van der Waals surface area contributed by atoms with E-state index >= 15 is 0 Å². The Morgan fingerprint density at radius 1 is 1.35 bits per heavy atom. The highest BCUT2D eigenvalue weighted by Gasteiger charge is 2.24. The van der Waals surface area contributed by atoms with E-state index in [1.165, 1.54) is 6.07 Å². The Labute approximate surface area is 136 Å². The fourth-order valence-electron chi connectivity index (χ4n) is 1.79. The summed E-state index contributed by atoms with van der Waals surface area (Å²) in [7, 11) is 1.78. The van der Waals surface area contributed by atoms with Crippen LogP contribution in [-0.2, 0) is 9.53 Å². The molecule has 0 saturated heterocycles.